The Kier molecular flexibility index (Phi) is 9.40. The van der Waals surface area contributed by atoms with Crippen LogP contribution >= 0.6 is 0 Å². The molecule has 0 saturated carbocycles. The van der Waals surface area contributed by atoms with Gasteiger partial charge in [0.15, 0.2) is 0 Å². The van der Waals surface area contributed by atoms with Crippen molar-refractivity contribution in [3.63, 3.8) is 0 Å². The summed E-state index contributed by atoms with van der Waals surface area (Å²) in [6, 6.07) is 7.06. The molecule has 2 aromatic rings. The topological polar surface area (TPSA) is 53.1 Å². The highest BCUT2D eigenvalue weighted by atomic mass is 19.4. The normalized spacial score (nSPS) is 15.1. The molecule has 4 nitrogen and oxygen atoms in total. The van der Waals surface area contributed by atoms with Crippen molar-refractivity contribution in [2.45, 2.75) is 58.6 Å². The third-order valence-corrected chi connectivity index (χ3v) is 4.71. The molecule has 0 saturated heterocycles. The molecule has 0 radical (unpaired) electrons. The van der Waals surface area contributed by atoms with Gasteiger partial charge in [0.2, 0.25) is 0 Å². The second-order valence-electron chi connectivity index (χ2n) is 7.49. The number of aromatic nitrogens is 2. The molecule has 1 aromatic heterocycles. The Morgan fingerprint density at radius 1 is 1.15 bits per heavy atom. The van der Waals surface area contributed by atoms with E-state index in [9.17, 15) is 26.3 Å². The van der Waals surface area contributed by atoms with Crippen LogP contribution in [-0.2, 0) is 13.0 Å². The van der Waals surface area contributed by atoms with Crippen LogP contribution in [-0.4, -0.2) is 22.3 Å². The number of hydrogen-bond donors (Lipinski definition) is 1. The first kappa shape index (κ1) is 27.1. The van der Waals surface area contributed by atoms with E-state index >= 15 is 0 Å². The number of anilines is 1. The van der Waals surface area contributed by atoms with Crippen LogP contribution in [0.4, 0.5) is 32.0 Å². The molecule has 10 heteroatoms. The van der Waals surface area contributed by atoms with Crippen LogP contribution in [0.5, 0.6) is 5.75 Å². The molecule has 186 valence electrons. The van der Waals surface area contributed by atoms with Crippen LogP contribution in [0.1, 0.15) is 44.5 Å². The fourth-order valence-electron chi connectivity index (χ4n) is 3.30. The maximum atomic E-state index is 13.1. The van der Waals surface area contributed by atoms with Crippen LogP contribution < -0.4 is 10.5 Å². The van der Waals surface area contributed by atoms with Gasteiger partial charge in [0.1, 0.15) is 5.75 Å². The molecule has 0 amide bonds. The summed E-state index contributed by atoms with van der Waals surface area (Å²) in [5, 5.41) is 4.47. The zero-order valence-electron chi connectivity index (χ0n) is 18.9. The quantitative estimate of drug-likeness (QED) is 0.275. The van der Waals surface area contributed by atoms with Gasteiger partial charge in [-0.15, -0.1) is 13.2 Å². The summed E-state index contributed by atoms with van der Waals surface area (Å²) < 4.78 is 79.6. The molecular weight excluding hydrogens is 460 g/mol. The van der Waals surface area contributed by atoms with Crippen molar-refractivity contribution in [1.29, 1.82) is 0 Å². The van der Waals surface area contributed by atoms with E-state index in [0.717, 1.165) is 37.6 Å². The molecule has 34 heavy (non-hydrogen) atoms. The van der Waals surface area contributed by atoms with Crippen molar-refractivity contribution in [2.75, 3.05) is 5.73 Å². The van der Waals surface area contributed by atoms with E-state index in [4.69, 9.17) is 5.73 Å². The highest BCUT2D eigenvalue weighted by molar-refractivity contribution is 5.74. The number of nitrogens with two attached hydrogens (primary N) is 1. The summed E-state index contributed by atoms with van der Waals surface area (Å²) in [4.78, 5) is 0. The number of rotatable bonds is 5. The van der Waals surface area contributed by atoms with Crippen molar-refractivity contribution in [2.24, 2.45) is 0 Å². The molecule has 2 N–H and O–H groups in total. The van der Waals surface area contributed by atoms with Crippen LogP contribution in [0, 0.1) is 0 Å². The minimum atomic E-state index is -4.66. The van der Waals surface area contributed by atoms with Crippen LogP contribution in [0.25, 0.3) is 5.57 Å². The third kappa shape index (κ3) is 8.64. The van der Waals surface area contributed by atoms with Crippen molar-refractivity contribution in [3.8, 4) is 5.75 Å². The van der Waals surface area contributed by atoms with E-state index in [1.165, 1.54) is 30.4 Å². The molecule has 1 aliphatic rings. The lowest BCUT2D eigenvalue weighted by Gasteiger charge is -2.11. The Bertz CT molecular complexity index is 1010. The average Bonchev–Trinajstić information content (AvgIpc) is 3.15. The zero-order valence-corrected chi connectivity index (χ0v) is 18.9. The second-order valence-corrected chi connectivity index (χ2v) is 7.49. The molecular formula is C24H27F6N3O. The molecule has 0 spiro atoms. The predicted molar refractivity (Wildman–Crippen MR) is 120 cm³/mol. The smallest absolute Gasteiger partial charge is 0.406 e. The first-order valence-corrected chi connectivity index (χ1v) is 10.7. The summed E-state index contributed by atoms with van der Waals surface area (Å²) in [5.41, 5.74) is 7.06. The first-order valence-electron chi connectivity index (χ1n) is 10.7. The molecule has 1 aromatic carbocycles. The highest BCUT2D eigenvalue weighted by Gasteiger charge is 2.32. The Balaban J connectivity index is 0.000000287. The standard InChI is InChI=1S/C17H21F3N2.C7H6F3NO/c1-3-7-13(11-14(8-4-2)17(18,19)20)16-12-15-9-5-6-10-22(15)21-16;8-7(9,10)12-6-3-1-2-5(11)4-6/h3,7-8,11-12H,4-6,9-10H2,1-2H3;1-4H,11H2/b7-3-,13-11+,14-8-;. The number of alkyl halides is 6. The summed E-state index contributed by atoms with van der Waals surface area (Å²) >= 11 is 0. The van der Waals surface area contributed by atoms with Crippen molar-refractivity contribution >= 4 is 11.3 Å². The lowest BCUT2D eigenvalue weighted by atomic mass is 10.0. The number of benzene rings is 1. The molecule has 3 rings (SSSR count). The molecule has 0 atom stereocenters. The number of ether oxygens (including phenoxy) is 1. The first-order chi connectivity index (χ1) is 15.9. The molecule has 2 heterocycles. The van der Waals surface area contributed by atoms with E-state index in [2.05, 4.69) is 9.84 Å². The number of aryl methyl sites for hydroxylation is 2. The van der Waals surface area contributed by atoms with Crippen LogP contribution in [0.15, 0.2) is 60.2 Å². The minimum absolute atomic E-state index is 0.233. The van der Waals surface area contributed by atoms with E-state index in [0.29, 0.717) is 17.7 Å². The number of hydrogen-bond acceptors (Lipinski definition) is 3. The van der Waals surface area contributed by atoms with Gasteiger partial charge in [-0.05, 0) is 56.9 Å². The Morgan fingerprint density at radius 3 is 2.44 bits per heavy atom. The zero-order chi connectivity index (χ0) is 25.4. The van der Waals surface area contributed by atoms with Crippen molar-refractivity contribution < 1.29 is 31.1 Å². The number of fused-ring (bicyclic) bond motifs is 1. The molecule has 1 aliphatic heterocycles. The molecule has 0 bridgehead atoms. The SMILES string of the molecule is C\C=C/C(=C\C(=C\CC)C(F)(F)F)c1cc2n(n1)CCCC2.Nc1cccc(OC(F)(F)F)c1. The monoisotopic (exact) mass is 487 g/mol. The van der Waals surface area contributed by atoms with Gasteiger partial charge in [-0.2, -0.15) is 18.3 Å². The van der Waals surface area contributed by atoms with Gasteiger partial charge in [-0.3, -0.25) is 4.68 Å². The van der Waals surface area contributed by atoms with Crippen molar-refractivity contribution in [1.82, 2.24) is 9.78 Å². The number of nitrogen functional groups attached to an aromatic ring is 1. The summed E-state index contributed by atoms with van der Waals surface area (Å²) in [6.07, 6.45) is 0.278. The van der Waals surface area contributed by atoms with Gasteiger partial charge in [0.05, 0.1) is 11.3 Å². The summed E-state index contributed by atoms with van der Waals surface area (Å²) in [6.45, 7) is 4.33. The van der Waals surface area contributed by atoms with Gasteiger partial charge >= 0.3 is 12.5 Å². The van der Waals surface area contributed by atoms with Crippen molar-refractivity contribution in [3.05, 3.63) is 71.6 Å². The number of allylic oxidation sites excluding steroid dienone is 6. The third-order valence-electron chi connectivity index (χ3n) is 4.71. The van der Waals surface area contributed by atoms with E-state index in [1.807, 2.05) is 10.7 Å². The maximum Gasteiger partial charge on any atom is 0.573 e. The lowest BCUT2D eigenvalue weighted by Crippen LogP contribution is -2.17. The Morgan fingerprint density at radius 2 is 1.88 bits per heavy atom. The number of halogens is 6. The summed E-state index contributed by atoms with van der Waals surface area (Å²) in [7, 11) is 0. The summed E-state index contributed by atoms with van der Waals surface area (Å²) in [5.74, 6) is -0.303. The van der Waals surface area contributed by atoms with E-state index in [1.54, 1.807) is 26.0 Å². The Hall–Kier alpha value is -3.17. The van der Waals surface area contributed by atoms with Gasteiger partial charge in [-0.1, -0.05) is 31.2 Å². The largest absolute Gasteiger partial charge is 0.573 e. The maximum absolute atomic E-state index is 13.1. The van der Waals surface area contributed by atoms with Gasteiger partial charge < -0.3 is 10.5 Å². The second kappa shape index (κ2) is 11.8. The number of nitrogens with zero attached hydrogens (tertiary/aromatic N) is 2. The van der Waals surface area contributed by atoms with Gasteiger partial charge in [-0.25, -0.2) is 0 Å². The lowest BCUT2D eigenvalue weighted by molar-refractivity contribution is -0.274. The molecule has 0 unspecified atom stereocenters. The molecule has 0 aliphatic carbocycles. The Labute approximate surface area is 194 Å². The van der Waals surface area contributed by atoms with E-state index < -0.39 is 18.1 Å². The fraction of sp³-hybridized carbons (Fsp3) is 0.375. The minimum Gasteiger partial charge on any atom is -0.406 e. The van der Waals surface area contributed by atoms with Gasteiger partial charge in [0.25, 0.3) is 0 Å². The van der Waals surface area contributed by atoms with Gasteiger partial charge in [0, 0.05) is 29.6 Å². The highest BCUT2D eigenvalue weighted by Crippen LogP contribution is 2.31. The molecule has 0 fully saturated rings. The average molecular weight is 487 g/mol. The fourth-order valence-corrected chi connectivity index (χ4v) is 3.30. The van der Waals surface area contributed by atoms with Crippen LogP contribution in [0.2, 0.25) is 0 Å². The predicted octanol–water partition coefficient (Wildman–Crippen LogP) is 7.25. The van der Waals surface area contributed by atoms with E-state index in [-0.39, 0.29) is 11.4 Å². The van der Waals surface area contributed by atoms with Crippen LogP contribution in [0.3, 0.4) is 0 Å².